The van der Waals surface area contributed by atoms with Crippen molar-refractivity contribution in [3.8, 4) is 11.4 Å². The van der Waals surface area contributed by atoms with Gasteiger partial charge in [0.15, 0.2) is 5.82 Å². The number of nitrogens with zero attached hydrogens (tertiary/aromatic N) is 4. The molecule has 2 aromatic carbocycles. The standard InChI is InChI=1S/C22H25N5/c1-26(2)15-13-23-20-16-21(25-22(24-20)18-9-4-3-5-10-18)27-14-12-17-8-6-7-11-19(17)27/h3-11,16H,12-15H2,1-2H3,(H,23,24,25). The Kier molecular flexibility index (Phi) is 5.03. The molecule has 27 heavy (non-hydrogen) atoms. The Morgan fingerprint density at radius 2 is 1.78 bits per heavy atom. The van der Waals surface area contributed by atoms with Gasteiger partial charge in [-0.15, -0.1) is 0 Å². The first kappa shape index (κ1) is 17.5. The molecule has 4 rings (SSSR count). The SMILES string of the molecule is CN(C)CCNc1cc(N2CCc3ccccc32)nc(-c2ccccc2)n1. The molecule has 5 heteroatoms. The predicted molar refractivity (Wildman–Crippen MR) is 112 cm³/mol. The van der Waals surface area contributed by atoms with Crippen molar-refractivity contribution in [1.29, 1.82) is 0 Å². The number of benzene rings is 2. The molecular formula is C22H25N5. The van der Waals surface area contributed by atoms with Crippen LogP contribution in [-0.2, 0) is 6.42 Å². The lowest BCUT2D eigenvalue weighted by Gasteiger charge is -2.20. The van der Waals surface area contributed by atoms with Gasteiger partial charge in [0.25, 0.3) is 0 Å². The molecule has 0 aliphatic carbocycles. The summed E-state index contributed by atoms with van der Waals surface area (Å²) in [5.41, 5.74) is 3.65. The summed E-state index contributed by atoms with van der Waals surface area (Å²) in [6.07, 6.45) is 1.05. The Hall–Kier alpha value is -2.92. The van der Waals surface area contributed by atoms with Crippen LogP contribution in [0.3, 0.4) is 0 Å². The quantitative estimate of drug-likeness (QED) is 0.725. The number of hydrogen-bond donors (Lipinski definition) is 1. The minimum Gasteiger partial charge on any atom is -0.369 e. The van der Waals surface area contributed by atoms with E-state index in [2.05, 4.69) is 71.7 Å². The van der Waals surface area contributed by atoms with E-state index < -0.39 is 0 Å². The monoisotopic (exact) mass is 359 g/mol. The van der Waals surface area contributed by atoms with E-state index in [1.165, 1.54) is 11.3 Å². The van der Waals surface area contributed by atoms with Crippen LogP contribution in [0.2, 0.25) is 0 Å². The van der Waals surface area contributed by atoms with E-state index >= 15 is 0 Å². The summed E-state index contributed by atoms with van der Waals surface area (Å²) in [7, 11) is 4.15. The summed E-state index contributed by atoms with van der Waals surface area (Å²) in [4.78, 5) is 14.1. The van der Waals surface area contributed by atoms with Gasteiger partial charge in [-0.3, -0.25) is 0 Å². The predicted octanol–water partition coefficient (Wildman–Crippen LogP) is 3.81. The lowest BCUT2D eigenvalue weighted by Crippen LogP contribution is -2.22. The molecule has 138 valence electrons. The number of fused-ring (bicyclic) bond motifs is 1. The Bertz CT molecular complexity index is 908. The normalized spacial score (nSPS) is 13.1. The number of likely N-dealkylation sites (N-methyl/N-ethyl adjacent to an activating group) is 1. The Morgan fingerprint density at radius 3 is 2.59 bits per heavy atom. The molecule has 0 spiro atoms. The number of anilines is 3. The third-order valence-electron chi connectivity index (χ3n) is 4.77. The van der Waals surface area contributed by atoms with Crippen molar-refractivity contribution in [2.24, 2.45) is 0 Å². The fourth-order valence-corrected chi connectivity index (χ4v) is 3.36. The van der Waals surface area contributed by atoms with E-state index in [1.54, 1.807) is 0 Å². The van der Waals surface area contributed by atoms with Crippen LogP contribution in [0.15, 0.2) is 60.7 Å². The van der Waals surface area contributed by atoms with Gasteiger partial charge >= 0.3 is 0 Å². The molecule has 1 N–H and O–H groups in total. The van der Waals surface area contributed by atoms with E-state index in [1.807, 2.05) is 18.2 Å². The van der Waals surface area contributed by atoms with Gasteiger partial charge in [-0.25, -0.2) is 9.97 Å². The number of rotatable bonds is 6. The number of aromatic nitrogens is 2. The molecule has 0 atom stereocenters. The van der Waals surface area contributed by atoms with Crippen molar-refractivity contribution in [3.05, 3.63) is 66.2 Å². The number of nitrogens with one attached hydrogen (secondary N) is 1. The lowest BCUT2D eigenvalue weighted by molar-refractivity contribution is 0.425. The summed E-state index contributed by atoms with van der Waals surface area (Å²) in [5, 5.41) is 3.45. The zero-order valence-electron chi connectivity index (χ0n) is 15.9. The van der Waals surface area contributed by atoms with Gasteiger partial charge < -0.3 is 15.1 Å². The van der Waals surface area contributed by atoms with Gasteiger partial charge in [-0.1, -0.05) is 48.5 Å². The van der Waals surface area contributed by atoms with Crippen molar-refractivity contribution < 1.29 is 0 Å². The summed E-state index contributed by atoms with van der Waals surface area (Å²) in [6, 6.07) is 20.8. The number of para-hydroxylation sites is 1. The van der Waals surface area contributed by atoms with Crippen LogP contribution in [0.5, 0.6) is 0 Å². The molecule has 0 saturated heterocycles. The third-order valence-corrected chi connectivity index (χ3v) is 4.77. The van der Waals surface area contributed by atoms with Crippen LogP contribution < -0.4 is 10.2 Å². The van der Waals surface area contributed by atoms with E-state index in [0.717, 1.165) is 49.1 Å². The fraction of sp³-hybridized carbons (Fsp3) is 0.273. The van der Waals surface area contributed by atoms with Crippen LogP contribution in [0.1, 0.15) is 5.56 Å². The molecule has 5 nitrogen and oxygen atoms in total. The largest absolute Gasteiger partial charge is 0.369 e. The van der Waals surface area contributed by atoms with Crippen molar-refractivity contribution >= 4 is 17.3 Å². The molecular weight excluding hydrogens is 334 g/mol. The molecule has 3 aromatic rings. The van der Waals surface area contributed by atoms with Crippen LogP contribution in [-0.4, -0.2) is 48.6 Å². The Balaban J connectivity index is 1.70. The maximum atomic E-state index is 4.89. The molecule has 0 fully saturated rings. The summed E-state index contributed by atoms with van der Waals surface area (Å²) < 4.78 is 0. The first-order valence-electron chi connectivity index (χ1n) is 9.39. The summed E-state index contributed by atoms with van der Waals surface area (Å²) in [5.74, 6) is 2.57. The highest BCUT2D eigenvalue weighted by Crippen LogP contribution is 2.34. The first-order valence-corrected chi connectivity index (χ1v) is 9.39. The van der Waals surface area contributed by atoms with Crippen molar-refractivity contribution in [2.45, 2.75) is 6.42 Å². The second-order valence-electron chi connectivity index (χ2n) is 7.06. The van der Waals surface area contributed by atoms with Gasteiger partial charge in [-0.2, -0.15) is 0 Å². The minimum absolute atomic E-state index is 0.754. The highest BCUT2D eigenvalue weighted by atomic mass is 15.2. The Labute approximate surface area is 160 Å². The average molecular weight is 359 g/mol. The fourth-order valence-electron chi connectivity index (χ4n) is 3.36. The zero-order chi connectivity index (χ0) is 18.6. The van der Waals surface area contributed by atoms with Gasteiger partial charge in [0, 0.05) is 37.0 Å². The van der Waals surface area contributed by atoms with E-state index in [-0.39, 0.29) is 0 Å². The molecule has 0 amide bonds. The highest BCUT2D eigenvalue weighted by Gasteiger charge is 2.22. The van der Waals surface area contributed by atoms with Crippen LogP contribution in [0.25, 0.3) is 11.4 Å². The minimum atomic E-state index is 0.754. The highest BCUT2D eigenvalue weighted by molar-refractivity contribution is 5.71. The van der Waals surface area contributed by atoms with E-state index in [4.69, 9.17) is 9.97 Å². The maximum Gasteiger partial charge on any atom is 0.163 e. The molecule has 2 heterocycles. The van der Waals surface area contributed by atoms with Crippen molar-refractivity contribution in [3.63, 3.8) is 0 Å². The van der Waals surface area contributed by atoms with Gasteiger partial charge in [-0.05, 0) is 32.1 Å². The number of hydrogen-bond acceptors (Lipinski definition) is 5. The molecule has 0 saturated carbocycles. The first-order chi connectivity index (χ1) is 13.2. The molecule has 0 bridgehead atoms. The van der Waals surface area contributed by atoms with Gasteiger partial charge in [0.05, 0.1) is 0 Å². The molecule has 0 radical (unpaired) electrons. The summed E-state index contributed by atoms with van der Waals surface area (Å²) >= 11 is 0. The van der Waals surface area contributed by atoms with E-state index in [9.17, 15) is 0 Å². The topological polar surface area (TPSA) is 44.3 Å². The average Bonchev–Trinajstić information content (AvgIpc) is 3.12. The second kappa shape index (κ2) is 7.76. The second-order valence-corrected chi connectivity index (χ2v) is 7.06. The Morgan fingerprint density at radius 1 is 1.00 bits per heavy atom. The maximum absolute atomic E-state index is 4.89. The van der Waals surface area contributed by atoms with Crippen LogP contribution in [0, 0.1) is 0 Å². The smallest absolute Gasteiger partial charge is 0.163 e. The zero-order valence-corrected chi connectivity index (χ0v) is 15.9. The van der Waals surface area contributed by atoms with Crippen molar-refractivity contribution in [2.75, 3.05) is 43.9 Å². The van der Waals surface area contributed by atoms with Crippen LogP contribution >= 0.6 is 0 Å². The molecule has 0 unspecified atom stereocenters. The summed E-state index contributed by atoms with van der Waals surface area (Å²) in [6.45, 7) is 2.74. The molecule has 1 aliphatic heterocycles. The molecule has 1 aliphatic rings. The lowest BCUT2D eigenvalue weighted by atomic mass is 10.2. The molecule has 1 aromatic heterocycles. The van der Waals surface area contributed by atoms with Gasteiger partial charge in [0.1, 0.15) is 11.6 Å². The van der Waals surface area contributed by atoms with Crippen LogP contribution in [0.4, 0.5) is 17.3 Å². The van der Waals surface area contributed by atoms with Gasteiger partial charge in [0.2, 0.25) is 0 Å². The van der Waals surface area contributed by atoms with Crippen molar-refractivity contribution in [1.82, 2.24) is 14.9 Å². The van der Waals surface area contributed by atoms with E-state index in [0.29, 0.717) is 0 Å². The third kappa shape index (κ3) is 3.93.